The van der Waals surface area contributed by atoms with Crippen LogP contribution in [0.15, 0.2) is 48.5 Å². The van der Waals surface area contributed by atoms with Gasteiger partial charge in [-0.2, -0.15) is 0 Å². The van der Waals surface area contributed by atoms with E-state index in [2.05, 4.69) is 16.7 Å². The van der Waals surface area contributed by atoms with Gasteiger partial charge in [-0.1, -0.05) is 30.3 Å². The van der Waals surface area contributed by atoms with Crippen LogP contribution in [0, 0.1) is 0 Å². The third kappa shape index (κ3) is 4.45. The number of amides is 2. The third-order valence-corrected chi connectivity index (χ3v) is 4.29. The Hall–Kier alpha value is -2.66. The summed E-state index contributed by atoms with van der Waals surface area (Å²) in [6.45, 7) is 3.19. The van der Waals surface area contributed by atoms with Crippen LogP contribution < -0.4 is 15.5 Å². The monoisotopic (exact) mass is 337 g/mol. The van der Waals surface area contributed by atoms with Gasteiger partial charge >= 0.3 is 0 Å². The molecule has 2 N–H and O–H groups in total. The van der Waals surface area contributed by atoms with Crippen molar-refractivity contribution in [1.82, 2.24) is 5.32 Å². The molecule has 5 heteroatoms. The van der Waals surface area contributed by atoms with Crippen LogP contribution in [0.1, 0.15) is 24.5 Å². The third-order valence-electron chi connectivity index (χ3n) is 4.29. The molecular formula is C20H23N3O2. The molecule has 2 aromatic carbocycles. The maximum Gasteiger partial charge on any atom is 0.240 e. The molecule has 0 saturated carbocycles. The van der Waals surface area contributed by atoms with Crippen molar-refractivity contribution in [3.8, 4) is 0 Å². The maximum atomic E-state index is 12.5. The standard InChI is InChI=1S/C20H23N3O2/c1-15(24)22-18-10-8-16(9-11-18)13-21-14-20(25)23-12-4-6-17-5-2-3-7-19(17)23/h2-3,5,7-11,21H,4,6,12-14H2,1H3,(H,22,24). The van der Waals surface area contributed by atoms with Crippen molar-refractivity contribution in [2.45, 2.75) is 26.3 Å². The molecule has 0 bridgehead atoms. The van der Waals surface area contributed by atoms with Crippen LogP contribution in [0.25, 0.3) is 0 Å². The summed E-state index contributed by atoms with van der Waals surface area (Å²) in [5.74, 6) is 0.0142. The number of nitrogens with one attached hydrogen (secondary N) is 2. The fourth-order valence-electron chi connectivity index (χ4n) is 3.11. The lowest BCUT2D eigenvalue weighted by Gasteiger charge is -2.29. The molecule has 2 amide bonds. The number of aryl methyl sites for hydroxylation is 1. The average molecular weight is 337 g/mol. The van der Waals surface area contributed by atoms with Crippen molar-refractivity contribution in [2.24, 2.45) is 0 Å². The number of nitrogens with zero attached hydrogens (tertiary/aromatic N) is 1. The van der Waals surface area contributed by atoms with Crippen LogP contribution in [0.2, 0.25) is 0 Å². The van der Waals surface area contributed by atoms with E-state index in [1.807, 2.05) is 47.4 Å². The smallest absolute Gasteiger partial charge is 0.240 e. The molecule has 0 unspecified atom stereocenters. The number of fused-ring (bicyclic) bond motifs is 1. The Balaban J connectivity index is 1.52. The highest BCUT2D eigenvalue weighted by atomic mass is 16.2. The minimum atomic E-state index is -0.0849. The molecule has 0 fully saturated rings. The second-order valence-electron chi connectivity index (χ2n) is 6.26. The molecule has 5 nitrogen and oxygen atoms in total. The summed E-state index contributed by atoms with van der Waals surface area (Å²) >= 11 is 0. The van der Waals surface area contributed by atoms with Gasteiger partial charge in [-0.3, -0.25) is 9.59 Å². The largest absolute Gasteiger partial charge is 0.326 e. The average Bonchev–Trinajstić information content (AvgIpc) is 2.62. The zero-order valence-corrected chi connectivity index (χ0v) is 14.4. The fraction of sp³-hybridized carbons (Fsp3) is 0.300. The van der Waals surface area contributed by atoms with Gasteiger partial charge < -0.3 is 15.5 Å². The van der Waals surface area contributed by atoms with Gasteiger partial charge in [0.25, 0.3) is 0 Å². The summed E-state index contributed by atoms with van der Waals surface area (Å²) in [6.07, 6.45) is 2.04. The number of hydrogen-bond donors (Lipinski definition) is 2. The van der Waals surface area contributed by atoms with E-state index in [0.29, 0.717) is 13.1 Å². The van der Waals surface area contributed by atoms with Gasteiger partial charge in [0.2, 0.25) is 11.8 Å². The molecule has 1 aliphatic rings. The predicted molar refractivity (Wildman–Crippen MR) is 99.6 cm³/mol. The van der Waals surface area contributed by atoms with Crippen LogP contribution in [-0.2, 0) is 22.6 Å². The second kappa shape index (κ2) is 7.94. The van der Waals surface area contributed by atoms with Gasteiger partial charge in [0.05, 0.1) is 6.54 Å². The Labute approximate surface area is 148 Å². The molecule has 1 aliphatic heterocycles. The second-order valence-corrected chi connectivity index (χ2v) is 6.26. The quantitative estimate of drug-likeness (QED) is 0.882. The van der Waals surface area contributed by atoms with Crippen molar-refractivity contribution in [1.29, 1.82) is 0 Å². The molecule has 0 aromatic heterocycles. The highest BCUT2D eigenvalue weighted by molar-refractivity contribution is 5.96. The number of benzene rings is 2. The SMILES string of the molecule is CC(=O)Nc1ccc(CNCC(=O)N2CCCc3ccccc32)cc1. The van der Waals surface area contributed by atoms with Crippen LogP contribution in [0.4, 0.5) is 11.4 Å². The van der Waals surface area contributed by atoms with Crippen LogP contribution in [-0.4, -0.2) is 24.9 Å². The lowest BCUT2D eigenvalue weighted by Crippen LogP contribution is -2.41. The highest BCUT2D eigenvalue weighted by Gasteiger charge is 2.21. The lowest BCUT2D eigenvalue weighted by molar-refractivity contribution is -0.118. The summed E-state index contributed by atoms with van der Waals surface area (Å²) in [4.78, 5) is 25.4. The Morgan fingerprint density at radius 3 is 2.60 bits per heavy atom. The van der Waals surface area contributed by atoms with E-state index >= 15 is 0 Å². The van der Waals surface area contributed by atoms with Gasteiger partial charge in [-0.15, -0.1) is 0 Å². The lowest BCUT2D eigenvalue weighted by atomic mass is 10.0. The molecule has 0 spiro atoms. The van der Waals surface area contributed by atoms with Gasteiger partial charge in [0.15, 0.2) is 0 Å². The summed E-state index contributed by atoms with van der Waals surface area (Å²) in [6, 6.07) is 15.7. The molecule has 3 rings (SSSR count). The summed E-state index contributed by atoms with van der Waals surface area (Å²) < 4.78 is 0. The number of anilines is 2. The van der Waals surface area contributed by atoms with E-state index < -0.39 is 0 Å². The van der Waals surface area contributed by atoms with Gasteiger partial charge in [0.1, 0.15) is 0 Å². The fourth-order valence-corrected chi connectivity index (χ4v) is 3.11. The van der Waals surface area contributed by atoms with E-state index in [9.17, 15) is 9.59 Å². The van der Waals surface area contributed by atoms with E-state index in [1.54, 1.807) is 0 Å². The number of hydrogen-bond acceptors (Lipinski definition) is 3. The van der Waals surface area contributed by atoms with Crippen molar-refractivity contribution < 1.29 is 9.59 Å². The van der Waals surface area contributed by atoms with Gasteiger partial charge in [-0.25, -0.2) is 0 Å². The number of rotatable bonds is 5. The molecule has 0 atom stereocenters. The first-order valence-corrected chi connectivity index (χ1v) is 8.59. The van der Waals surface area contributed by atoms with Gasteiger partial charge in [-0.05, 0) is 42.2 Å². The molecule has 130 valence electrons. The Kier molecular flexibility index (Phi) is 5.46. The zero-order chi connectivity index (χ0) is 17.6. The van der Waals surface area contributed by atoms with Crippen LogP contribution in [0.3, 0.4) is 0 Å². The molecule has 0 radical (unpaired) electrons. The summed E-state index contributed by atoms with van der Waals surface area (Å²) in [5.41, 5.74) is 4.13. The molecule has 0 aliphatic carbocycles. The van der Waals surface area contributed by atoms with Gasteiger partial charge in [0, 0.05) is 31.4 Å². The molecule has 2 aromatic rings. The minimum Gasteiger partial charge on any atom is -0.326 e. The Morgan fingerprint density at radius 1 is 1.08 bits per heavy atom. The van der Waals surface area contributed by atoms with Crippen LogP contribution in [0.5, 0.6) is 0 Å². The summed E-state index contributed by atoms with van der Waals surface area (Å²) in [7, 11) is 0. The Bertz CT molecular complexity index is 756. The Morgan fingerprint density at radius 2 is 1.84 bits per heavy atom. The normalized spacial score (nSPS) is 13.2. The van der Waals surface area contributed by atoms with Crippen molar-refractivity contribution in [2.75, 3.05) is 23.3 Å². The predicted octanol–water partition coefficient (Wildman–Crippen LogP) is 2.71. The number of carbonyl (C=O) groups excluding carboxylic acids is 2. The first kappa shape index (κ1) is 17.2. The summed E-state index contributed by atoms with van der Waals surface area (Å²) in [5, 5.41) is 5.95. The first-order valence-electron chi connectivity index (χ1n) is 8.59. The van der Waals surface area contributed by atoms with Crippen LogP contribution >= 0.6 is 0 Å². The van der Waals surface area contributed by atoms with E-state index in [4.69, 9.17) is 0 Å². The first-order chi connectivity index (χ1) is 12.1. The number of para-hydroxylation sites is 1. The zero-order valence-electron chi connectivity index (χ0n) is 14.4. The molecule has 25 heavy (non-hydrogen) atoms. The van der Waals surface area contributed by atoms with E-state index in [-0.39, 0.29) is 11.8 Å². The molecule has 1 heterocycles. The highest BCUT2D eigenvalue weighted by Crippen LogP contribution is 2.26. The number of carbonyl (C=O) groups is 2. The molecule has 0 saturated heterocycles. The maximum absolute atomic E-state index is 12.5. The van der Waals surface area contributed by atoms with Crippen molar-refractivity contribution >= 4 is 23.2 Å². The molecular weight excluding hydrogens is 314 g/mol. The van der Waals surface area contributed by atoms with E-state index in [0.717, 1.165) is 36.3 Å². The van der Waals surface area contributed by atoms with E-state index in [1.165, 1.54) is 12.5 Å². The van der Waals surface area contributed by atoms with Crippen molar-refractivity contribution in [3.05, 3.63) is 59.7 Å². The van der Waals surface area contributed by atoms with Crippen molar-refractivity contribution in [3.63, 3.8) is 0 Å². The topological polar surface area (TPSA) is 61.4 Å². The minimum absolute atomic E-state index is 0.0849.